The van der Waals surface area contributed by atoms with Crippen LogP contribution in [-0.2, 0) is 0 Å². The first-order chi connectivity index (χ1) is 15.2. The average Bonchev–Trinajstić information content (AvgIpc) is 3.31. The Hall–Kier alpha value is -2.97. The van der Waals surface area contributed by atoms with Gasteiger partial charge in [0.2, 0.25) is 0 Å². The molecule has 0 unspecified atom stereocenters. The van der Waals surface area contributed by atoms with E-state index in [-0.39, 0.29) is 5.75 Å². The first kappa shape index (κ1) is 20.0. The lowest BCUT2D eigenvalue weighted by Gasteiger charge is -2.39. The Morgan fingerprint density at radius 1 is 0.968 bits per heavy atom. The molecule has 1 aromatic carbocycles. The number of nitrogens with two attached hydrogens (primary N) is 1. The second-order valence-electron chi connectivity index (χ2n) is 8.50. The lowest BCUT2D eigenvalue weighted by atomic mass is 9.98. The van der Waals surface area contributed by atoms with Crippen LogP contribution in [-0.4, -0.2) is 62.2 Å². The third kappa shape index (κ3) is 4.13. The lowest BCUT2D eigenvalue weighted by Crippen LogP contribution is -2.46. The monoisotopic (exact) mass is 419 g/mol. The molecule has 0 radical (unpaired) electrons. The van der Waals surface area contributed by atoms with Crippen LogP contribution in [0.25, 0.3) is 22.4 Å². The van der Waals surface area contributed by atoms with Crippen LogP contribution in [0.15, 0.2) is 42.7 Å². The Balaban J connectivity index is 1.32. The molecule has 0 aliphatic carbocycles. The van der Waals surface area contributed by atoms with Crippen molar-refractivity contribution in [3.8, 4) is 28.1 Å². The maximum absolute atomic E-state index is 10.2. The van der Waals surface area contributed by atoms with Crippen molar-refractivity contribution in [1.82, 2.24) is 30.2 Å². The van der Waals surface area contributed by atoms with Crippen molar-refractivity contribution in [3.05, 3.63) is 42.7 Å². The molecular weight excluding hydrogens is 390 g/mol. The molecule has 2 aliphatic heterocycles. The summed E-state index contributed by atoms with van der Waals surface area (Å²) in [4.78, 5) is 2.66. The first-order valence-corrected chi connectivity index (χ1v) is 11.1. The Morgan fingerprint density at radius 2 is 1.74 bits per heavy atom. The van der Waals surface area contributed by atoms with E-state index in [0.717, 1.165) is 56.2 Å². The van der Waals surface area contributed by atoms with Gasteiger partial charge in [-0.05, 0) is 57.0 Å². The number of anilines is 1. The Morgan fingerprint density at radius 3 is 2.52 bits per heavy atom. The van der Waals surface area contributed by atoms with Crippen LogP contribution in [0.3, 0.4) is 0 Å². The summed E-state index contributed by atoms with van der Waals surface area (Å²) in [5.41, 5.74) is 9.07. The van der Waals surface area contributed by atoms with Gasteiger partial charge < -0.3 is 21.1 Å². The minimum absolute atomic E-state index is 0.170. The molecule has 5 rings (SSSR count). The van der Waals surface area contributed by atoms with E-state index in [2.05, 4.69) is 36.4 Å². The number of hydrogen-bond donors (Lipinski definition) is 3. The quantitative estimate of drug-likeness (QED) is 0.597. The van der Waals surface area contributed by atoms with E-state index >= 15 is 0 Å². The summed E-state index contributed by atoms with van der Waals surface area (Å²) < 4.78 is 2.08. The van der Waals surface area contributed by atoms with Crippen LogP contribution < -0.4 is 11.1 Å². The predicted molar refractivity (Wildman–Crippen MR) is 121 cm³/mol. The van der Waals surface area contributed by atoms with Gasteiger partial charge in [0.1, 0.15) is 5.75 Å². The van der Waals surface area contributed by atoms with E-state index in [1.54, 1.807) is 12.1 Å². The first-order valence-electron chi connectivity index (χ1n) is 11.1. The highest BCUT2D eigenvalue weighted by atomic mass is 16.3. The maximum Gasteiger partial charge on any atom is 0.154 e. The van der Waals surface area contributed by atoms with E-state index in [1.165, 1.54) is 12.8 Å². The molecule has 0 atom stereocenters. The molecule has 0 amide bonds. The van der Waals surface area contributed by atoms with Gasteiger partial charge in [-0.1, -0.05) is 12.1 Å². The largest absolute Gasteiger partial charge is 0.507 e. The predicted octanol–water partition coefficient (Wildman–Crippen LogP) is 2.68. The minimum Gasteiger partial charge on any atom is -0.507 e. The Labute approximate surface area is 182 Å². The summed E-state index contributed by atoms with van der Waals surface area (Å²) in [5, 5.41) is 26.6. The summed E-state index contributed by atoms with van der Waals surface area (Å²) in [7, 11) is 0. The fourth-order valence-electron chi connectivity index (χ4n) is 4.82. The van der Waals surface area contributed by atoms with E-state index in [9.17, 15) is 5.11 Å². The van der Waals surface area contributed by atoms with Gasteiger partial charge in [0.15, 0.2) is 5.82 Å². The molecule has 4 heterocycles. The molecule has 8 heteroatoms. The molecule has 4 N–H and O–H groups in total. The van der Waals surface area contributed by atoms with Crippen molar-refractivity contribution >= 4 is 5.82 Å². The number of para-hydroxylation sites is 1. The molecule has 31 heavy (non-hydrogen) atoms. The minimum atomic E-state index is 0.170. The highest BCUT2D eigenvalue weighted by Gasteiger charge is 2.27. The molecule has 2 saturated heterocycles. The van der Waals surface area contributed by atoms with E-state index in [0.29, 0.717) is 23.1 Å². The number of aromatic hydroxyl groups is 1. The molecule has 2 aliphatic rings. The summed E-state index contributed by atoms with van der Waals surface area (Å²) in [6.45, 7) is 4.52. The summed E-state index contributed by atoms with van der Waals surface area (Å²) >= 11 is 0. The number of benzene rings is 1. The number of likely N-dealkylation sites (tertiary alicyclic amines) is 1. The van der Waals surface area contributed by atoms with Crippen molar-refractivity contribution < 1.29 is 5.11 Å². The zero-order valence-corrected chi connectivity index (χ0v) is 17.6. The van der Waals surface area contributed by atoms with E-state index in [1.807, 2.05) is 24.4 Å². The zero-order chi connectivity index (χ0) is 21.2. The molecule has 8 nitrogen and oxygen atoms in total. The van der Waals surface area contributed by atoms with E-state index < -0.39 is 0 Å². The van der Waals surface area contributed by atoms with Crippen molar-refractivity contribution in [2.45, 2.75) is 37.8 Å². The number of phenolic OH excluding ortho intramolecular Hbond substituents is 1. The molecule has 162 valence electrons. The fraction of sp³-hybridized carbons (Fsp3) is 0.435. The van der Waals surface area contributed by atoms with Gasteiger partial charge in [-0.2, -0.15) is 5.10 Å². The fourth-order valence-corrected chi connectivity index (χ4v) is 4.82. The Bertz CT molecular complexity index is 1040. The van der Waals surface area contributed by atoms with Crippen LogP contribution in [0.2, 0.25) is 0 Å². The summed E-state index contributed by atoms with van der Waals surface area (Å²) in [5.74, 6) is 0.531. The average molecular weight is 420 g/mol. The number of hydrogen-bond acceptors (Lipinski definition) is 7. The molecule has 2 fully saturated rings. The molecule has 0 saturated carbocycles. The van der Waals surface area contributed by atoms with Crippen molar-refractivity contribution in [2.24, 2.45) is 0 Å². The second kappa shape index (κ2) is 8.64. The van der Waals surface area contributed by atoms with Gasteiger partial charge in [-0.15, -0.1) is 10.2 Å². The molecule has 3 aromatic rings. The van der Waals surface area contributed by atoms with Gasteiger partial charge in [0.25, 0.3) is 0 Å². The summed E-state index contributed by atoms with van der Waals surface area (Å²) in [6.07, 6.45) is 8.64. The highest BCUT2D eigenvalue weighted by molar-refractivity contribution is 5.78. The number of nitrogens with one attached hydrogen (secondary N) is 1. The standard InChI is InChI=1S/C23H29N7O/c24-23-20(13-21(27-28-23)19-3-1-2-4-22(19)31)16-14-26-30(15-16)18-7-11-29(12-8-18)17-5-9-25-10-6-17/h1-4,13-15,17-18,25,31H,5-12H2,(H2,24,28). The maximum atomic E-state index is 10.2. The number of rotatable bonds is 4. The smallest absolute Gasteiger partial charge is 0.154 e. The topological polar surface area (TPSA) is 105 Å². The van der Waals surface area contributed by atoms with Gasteiger partial charge in [0.05, 0.1) is 17.9 Å². The number of phenols is 1. The van der Waals surface area contributed by atoms with Gasteiger partial charge in [0, 0.05) is 42.0 Å². The summed E-state index contributed by atoms with van der Waals surface area (Å²) in [6, 6.07) is 10.1. The SMILES string of the molecule is Nc1nnc(-c2ccccc2O)cc1-c1cnn(C2CCN(C3CCNCC3)CC2)c1. The zero-order valence-electron chi connectivity index (χ0n) is 17.6. The van der Waals surface area contributed by atoms with Crippen LogP contribution >= 0.6 is 0 Å². The van der Waals surface area contributed by atoms with Gasteiger partial charge in [-0.25, -0.2) is 0 Å². The van der Waals surface area contributed by atoms with Crippen LogP contribution in [0.5, 0.6) is 5.75 Å². The van der Waals surface area contributed by atoms with Crippen LogP contribution in [0.4, 0.5) is 5.82 Å². The van der Waals surface area contributed by atoms with Crippen LogP contribution in [0.1, 0.15) is 31.7 Å². The molecule has 0 bridgehead atoms. The van der Waals surface area contributed by atoms with Crippen molar-refractivity contribution in [1.29, 1.82) is 0 Å². The number of nitrogens with zero attached hydrogens (tertiary/aromatic N) is 5. The number of piperidine rings is 2. The highest BCUT2D eigenvalue weighted by Crippen LogP contribution is 2.33. The van der Waals surface area contributed by atoms with Crippen molar-refractivity contribution in [3.63, 3.8) is 0 Å². The molecular formula is C23H29N7O. The normalized spacial score (nSPS) is 19.0. The lowest BCUT2D eigenvalue weighted by molar-refractivity contribution is 0.110. The Kier molecular flexibility index (Phi) is 5.57. The second-order valence-corrected chi connectivity index (χ2v) is 8.50. The van der Waals surface area contributed by atoms with Crippen LogP contribution in [0, 0.1) is 0 Å². The van der Waals surface area contributed by atoms with Gasteiger partial charge >= 0.3 is 0 Å². The van der Waals surface area contributed by atoms with Gasteiger partial charge in [-0.3, -0.25) is 4.68 Å². The van der Waals surface area contributed by atoms with Crippen molar-refractivity contribution in [2.75, 3.05) is 31.9 Å². The van der Waals surface area contributed by atoms with E-state index in [4.69, 9.17) is 5.73 Å². The molecule has 0 spiro atoms. The third-order valence-electron chi connectivity index (χ3n) is 6.61. The third-order valence-corrected chi connectivity index (χ3v) is 6.61. The molecule has 2 aromatic heterocycles. The number of aromatic nitrogens is 4. The number of nitrogen functional groups attached to an aromatic ring is 1.